The summed E-state index contributed by atoms with van der Waals surface area (Å²) in [4.78, 5) is 31.4. The van der Waals surface area contributed by atoms with Gasteiger partial charge in [0.15, 0.2) is 5.78 Å². The smallest absolute Gasteiger partial charge is 0.410 e. The summed E-state index contributed by atoms with van der Waals surface area (Å²) in [7, 11) is 0. The minimum Gasteiger partial charge on any atom is -0.444 e. The van der Waals surface area contributed by atoms with E-state index >= 15 is 0 Å². The molecule has 126 valence electrons. The first-order valence-corrected chi connectivity index (χ1v) is 9.16. The summed E-state index contributed by atoms with van der Waals surface area (Å²) in [6.07, 6.45) is 4.05. The highest BCUT2D eigenvalue weighted by molar-refractivity contribution is 7.14. The zero-order chi connectivity index (χ0) is 16.6. The Hall–Kier alpha value is -1.43. The van der Waals surface area contributed by atoms with Gasteiger partial charge in [0.05, 0.1) is 15.6 Å². The van der Waals surface area contributed by atoms with E-state index in [0.717, 1.165) is 41.3 Å². The number of rotatable bonds is 1. The Morgan fingerprint density at radius 3 is 2.57 bits per heavy atom. The number of hydrogen-bond acceptors (Lipinski definition) is 5. The lowest BCUT2D eigenvalue weighted by atomic mass is 9.97. The normalized spacial score (nSPS) is 19.6. The lowest BCUT2D eigenvalue weighted by Crippen LogP contribution is -2.41. The van der Waals surface area contributed by atoms with Crippen LogP contribution in [0.5, 0.6) is 0 Å². The molecule has 0 unspecified atom stereocenters. The molecule has 1 saturated heterocycles. The van der Waals surface area contributed by atoms with Crippen molar-refractivity contribution in [1.82, 2.24) is 9.88 Å². The summed E-state index contributed by atoms with van der Waals surface area (Å²) < 4.78 is 5.43. The quantitative estimate of drug-likeness (QED) is 0.783. The van der Waals surface area contributed by atoms with E-state index in [2.05, 4.69) is 0 Å². The van der Waals surface area contributed by atoms with Gasteiger partial charge in [0, 0.05) is 25.4 Å². The van der Waals surface area contributed by atoms with Crippen LogP contribution >= 0.6 is 11.3 Å². The van der Waals surface area contributed by atoms with Crippen LogP contribution in [0.2, 0.25) is 0 Å². The zero-order valence-corrected chi connectivity index (χ0v) is 14.9. The Morgan fingerprint density at radius 2 is 1.96 bits per heavy atom. The van der Waals surface area contributed by atoms with Gasteiger partial charge in [-0.1, -0.05) is 0 Å². The molecule has 0 N–H and O–H groups in total. The van der Waals surface area contributed by atoms with Gasteiger partial charge in [-0.25, -0.2) is 9.78 Å². The maximum atomic E-state index is 12.1. The van der Waals surface area contributed by atoms with Crippen molar-refractivity contribution >= 4 is 23.2 Å². The maximum absolute atomic E-state index is 12.1. The molecule has 23 heavy (non-hydrogen) atoms. The van der Waals surface area contributed by atoms with Gasteiger partial charge in [-0.3, -0.25) is 4.79 Å². The molecule has 0 saturated carbocycles. The van der Waals surface area contributed by atoms with Gasteiger partial charge in [-0.2, -0.15) is 0 Å². The van der Waals surface area contributed by atoms with E-state index in [1.54, 1.807) is 16.2 Å². The number of thiazole rings is 1. The molecular weight excluding hydrogens is 312 g/mol. The van der Waals surface area contributed by atoms with Crippen molar-refractivity contribution in [2.45, 2.75) is 64.4 Å². The average molecular weight is 336 g/mol. The van der Waals surface area contributed by atoms with Crippen LogP contribution in [0.1, 0.15) is 72.7 Å². The number of aryl methyl sites for hydroxylation is 1. The summed E-state index contributed by atoms with van der Waals surface area (Å²) in [5.74, 6) is 0.610. The third-order valence-corrected chi connectivity index (χ3v) is 5.58. The first kappa shape index (κ1) is 16.4. The molecule has 0 aromatic carbocycles. The zero-order valence-electron chi connectivity index (χ0n) is 14.1. The number of piperidine rings is 1. The second-order valence-electron chi connectivity index (χ2n) is 7.35. The molecule has 1 aromatic heterocycles. The summed E-state index contributed by atoms with van der Waals surface area (Å²) in [5.41, 5.74) is 0.540. The number of carbonyl (C=O) groups is 2. The van der Waals surface area contributed by atoms with E-state index in [1.165, 1.54) is 0 Å². The number of amides is 1. The number of ketones is 1. The van der Waals surface area contributed by atoms with Crippen molar-refractivity contribution in [2.75, 3.05) is 13.1 Å². The Labute approximate surface area is 141 Å². The second-order valence-corrected chi connectivity index (χ2v) is 8.38. The lowest BCUT2D eigenvalue weighted by Gasteiger charge is -2.32. The first-order chi connectivity index (χ1) is 10.8. The van der Waals surface area contributed by atoms with Crippen LogP contribution < -0.4 is 0 Å². The van der Waals surface area contributed by atoms with Crippen LogP contribution in [0.4, 0.5) is 4.79 Å². The minimum absolute atomic E-state index is 0.232. The third-order valence-electron chi connectivity index (χ3n) is 4.28. The van der Waals surface area contributed by atoms with E-state index in [0.29, 0.717) is 25.4 Å². The number of nitrogens with zero attached hydrogens (tertiary/aromatic N) is 2. The summed E-state index contributed by atoms with van der Waals surface area (Å²) in [5, 5.41) is 1.08. The number of Topliss-reactive ketones (excluding diaryl/α,β-unsaturated/α-hetero) is 1. The molecule has 2 heterocycles. The van der Waals surface area contributed by atoms with Crippen molar-refractivity contribution in [3.63, 3.8) is 0 Å². The Balaban J connectivity index is 1.61. The van der Waals surface area contributed by atoms with E-state index < -0.39 is 5.60 Å². The van der Waals surface area contributed by atoms with Crippen molar-refractivity contribution in [1.29, 1.82) is 0 Å². The highest BCUT2D eigenvalue weighted by atomic mass is 32.1. The van der Waals surface area contributed by atoms with Crippen LogP contribution in [0, 0.1) is 0 Å². The molecule has 1 fully saturated rings. The molecule has 0 spiro atoms. The topological polar surface area (TPSA) is 59.5 Å². The number of aromatic nitrogens is 1. The summed E-state index contributed by atoms with van der Waals surface area (Å²) >= 11 is 1.57. The number of fused-ring (bicyclic) bond motifs is 1. The van der Waals surface area contributed by atoms with E-state index in [4.69, 9.17) is 9.72 Å². The second kappa shape index (κ2) is 6.23. The Bertz CT molecular complexity index is 610. The Kier molecular flexibility index (Phi) is 4.45. The van der Waals surface area contributed by atoms with Gasteiger partial charge in [-0.05, 0) is 46.5 Å². The van der Waals surface area contributed by atoms with Gasteiger partial charge < -0.3 is 9.64 Å². The highest BCUT2D eigenvalue weighted by Crippen LogP contribution is 2.35. The van der Waals surface area contributed by atoms with Gasteiger partial charge in [-0.15, -0.1) is 11.3 Å². The molecule has 1 aromatic rings. The molecule has 6 heteroatoms. The van der Waals surface area contributed by atoms with Crippen LogP contribution in [0.15, 0.2) is 0 Å². The highest BCUT2D eigenvalue weighted by Gasteiger charge is 2.30. The molecule has 1 aliphatic carbocycles. The number of likely N-dealkylation sites (tertiary alicyclic amines) is 1. The predicted molar refractivity (Wildman–Crippen MR) is 89.2 cm³/mol. The molecule has 1 amide bonds. The molecule has 5 nitrogen and oxygen atoms in total. The van der Waals surface area contributed by atoms with Gasteiger partial charge >= 0.3 is 6.09 Å². The first-order valence-electron chi connectivity index (χ1n) is 8.34. The monoisotopic (exact) mass is 336 g/mol. The van der Waals surface area contributed by atoms with Crippen LogP contribution in [-0.2, 0) is 11.2 Å². The minimum atomic E-state index is -0.456. The summed E-state index contributed by atoms with van der Waals surface area (Å²) in [6.45, 7) is 7.04. The van der Waals surface area contributed by atoms with Crippen molar-refractivity contribution in [3.05, 3.63) is 15.6 Å². The molecule has 3 rings (SSSR count). The Morgan fingerprint density at radius 1 is 1.26 bits per heavy atom. The average Bonchev–Trinajstić information content (AvgIpc) is 2.91. The fraction of sp³-hybridized carbons (Fsp3) is 0.706. The van der Waals surface area contributed by atoms with Crippen molar-refractivity contribution < 1.29 is 14.3 Å². The van der Waals surface area contributed by atoms with Gasteiger partial charge in [0.1, 0.15) is 5.60 Å². The largest absolute Gasteiger partial charge is 0.444 e. The van der Waals surface area contributed by atoms with Crippen molar-refractivity contribution in [3.8, 4) is 0 Å². The molecular formula is C17H24N2O3S. The summed E-state index contributed by atoms with van der Waals surface area (Å²) in [6, 6.07) is 0. The molecule has 1 aliphatic heterocycles. The number of carbonyl (C=O) groups excluding carboxylic acids is 2. The number of hydrogen-bond donors (Lipinski definition) is 0. The molecule has 2 aliphatic rings. The lowest BCUT2D eigenvalue weighted by molar-refractivity contribution is 0.0204. The van der Waals surface area contributed by atoms with Crippen LogP contribution in [-0.4, -0.2) is 40.5 Å². The standard InChI is InChI=1S/C17H24N2O3S/c1-17(2,3)22-16(21)19-9-7-11(8-10-19)15-18-12-5-4-6-13(20)14(12)23-15/h11H,4-10H2,1-3H3. The number of ether oxygens (including phenoxy) is 1. The SMILES string of the molecule is CC(C)(C)OC(=O)N1CCC(c2nc3c(s2)C(=O)CCC3)CC1. The molecule has 0 bridgehead atoms. The van der Waals surface area contributed by atoms with E-state index in [1.807, 2.05) is 20.8 Å². The van der Waals surface area contributed by atoms with Crippen molar-refractivity contribution in [2.24, 2.45) is 0 Å². The maximum Gasteiger partial charge on any atom is 0.410 e. The van der Waals surface area contributed by atoms with Gasteiger partial charge in [0.2, 0.25) is 0 Å². The molecule has 0 radical (unpaired) electrons. The third kappa shape index (κ3) is 3.74. The fourth-order valence-electron chi connectivity index (χ4n) is 3.10. The van der Waals surface area contributed by atoms with E-state index in [-0.39, 0.29) is 11.9 Å². The fourth-order valence-corrected chi connectivity index (χ4v) is 4.35. The predicted octanol–water partition coefficient (Wildman–Crippen LogP) is 3.78. The van der Waals surface area contributed by atoms with Gasteiger partial charge in [0.25, 0.3) is 0 Å². The van der Waals surface area contributed by atoms with E-state index in [9.17, 15) is 9.59 Å². The molecule has 0 atom stereocenters. The van der Waals surface area contributed by atoms with Crippen LogP contribution in [0.25, 0.3) is 0 Å². The van der Waals surface area contributed by atoms with Crippen LogP contribution in [0.3, 0.4) is 0 Å².